The van der Waals surface area contributed by atoms with Crippen molar-refractivity contribution in [3.63, 3.8) is 0 Å². The first-order valence-corrected chi connectivity index (χ1v) is 6.53. The summed E-state index contributed by atoms with van der Waals surface area (Å²) in [5.41, 5.74) is 4.06. The molecule has 2 aromatic carbocycles. The van der Waals surface area contributed by atoms with Crippen molar-refractivity contribution in [3.05, 3.63) is 83.4 Å². The average molecular weight is 236 g/mol. The minimum atomic E-state index is 0.481. The Kier molecular flexibility index (Phi) is 4.35. The normalized spacial score (nSPS) is 12.8. The molecule has 2 aromatic rings. The maximum Gasteiger partial charge on any atom is -0.00103 e. The molecule has 0 bridgehead atoms. The molecule has 0 saturated carbocycles. The van der Waals surface area contributed by atoms with E-state index in [-0.39, 0.29) is 0 Å². The number of hydrogen-bond donors (Lipinski definition) is 0. The lowest BCUT2D eigenvalue weighted by molar-refractivity contribution is 0.958. The van der Waals surface area contributed by atoms with Crippen LogP contribution in [0, 0.1) is 6.92 Å². The summed E-state index contributed by atoms with van der Waals surface area (Å²) in [6, 6.07) is 19.4. The third kappa shape index (κ3) is 3.59. The smallest absolute Gasteiger partial charge is 0.00103 e. The molecule has 0 aliphatic rings. The monoisotopic (exact) mass is 236 g/mol. The van der Waals surface area contributed by atoms with Gasteiger partial charge in [-0.15, -0.1) is 0 Å². The molecule has 0 aliphatic carbocycles. The molecule has 2 rings (SSSR count). The standard InChI is InChI=1S/C18H20/c1-15-11-13-18(14-12-15)16(2)7-6-10-17-8-4-3-5-9-17/h3-9,11-14,16H,10H2,1-2H3/b7-6+. The van der Waals surface area contributed by atoms with Crippen molar-refractivity contribution in [2.45, 2.75) is 26.2 Å². The van der Waals surface area contributed by atoms with E-state index in [9.17, 15) is 0 Å². The second kappa shape index (κ2) is 6.20. The molecule has 18 heavy (non-hydrogen) atoms. The van der Waals surface area contributed by atoms with E-state index in [4.69, 9.17) is 0 Å². The summed E-state index contributed by atoms with van der Waals surface area (Å²) in [6.07, 6.45) is 5.56. The molecule has 0 heteroatoms. The van der Waals surface area contributed by atoms with Gasteiger partial charge in [0.05, 0.1) is 0 Å². The lowest BCUT2D eigenvalue weighted by Crippen LogP contribution is -1.89. The highest BCUT2D eigenvalue weighted by Gasteiger charge is 1.99. The molecule has 0 saturated heterocycles. The van der Waals surface area contributed by atoms with Crippen LogP contribution in [0.15, 0.2) is 66.7 Å². The van der Waals surface area contributed by atoms with Crippen molar-refractivity contribution < 1.29 is 0 Å². The number of hydrogen-bond acceptors (Lipinski definition) is 0. The van der Waals surface area contributed by atoms with Crippen LogP contribution >= 0.6 is 0 Å². The SMILES string of the molecule is Cc1ccc(C(C)/C=C/Cc2ccccc2)cc1. The quantitative estimate of drug-likeness (QED) is 0.662. The summed E-state index contributed by atoms with van der Waals surface area (Å²) in [4.78, 5) is 0. The van der Waals surface area contributed by atoms with Crippen molar-refractivity contribution in [3.8, 4) is 0 Å². The van der Waals surface area contributed by atoms with Crippen LogP contribution in [0.4, 0.5) is 0 Å². The van der Waals surface area contributed by atoms with Gasteiger partial charge in [-0.3, -0.25) is 0 Å². The van der Waals surface area contributed by atoms with Crippen molar-refractivity contribution in [1.29, 1.82) is 0 Å². The van der Waals surface area contributed by atoms with Crippen LogP contribution < -0.4 is 0 Å². The Bertz CT molecular complexity index is 491. The third-order valence-corrected chi connectivity index (χ3v) is 3.22. The molecule has 92 valence electrons. The van der Waals surface area contributed by atoms with Gasteiger partial charge in [-0.2, -0.15) is 0 Å². The predicted molar refractivity (Wildman–Crippen MR) is 78.9 cm³/mol. The summed E-state index contributed by atoms with van der Waals surface area (Å²) >= 11 is 0. The molecule has 0 radical (unpaired) electrons. The summed E-state index contributed by atoms with van der Waals surface area (Å²) in [5, 5.41) is 0. The van der Waals surface area contributed by atoms with E-state index in [1.807, 2.05) is 0 Å². The second-order valence-corrected chi connectivity index (χ2v) is 4.82. The highest BCUT2D eigenvalue weighted by atomic mass is 14.0. The van der Waals surface area contributed by atoms with Gasteiger partial charge in [0.15, 0.2) is 0 Å². The fourth-order valence-corrected chi connectivity index (χ4v) is 2.00. The number of benzene rings is 2. The van der Waals surface area contributed by atoms with Gasteiger partial charge in [0.2, 0.25) is 0 Å². The molecule has 0 fully saturated rings. The minimum Gasteiger partial charge on any atom is -0.0835 e. The van der Waals surface area contributed by atoms with E-state index >= 15 is 0 Å². The van der Waals surface area contributed by atoms with Crippen molar-refractivity contribution in [2.75, 3.05) is 0 Å². The molecule has 1 atom stereocenters. The van der Waals surface area contributed by atoms with Gasteiger partial charge < -0.3 is 0 Å². The first-order valence-electron chi connectivity index (χ1n) is 6.53. The predicted octanol–water partition coefficient (Wildman–Crippen LogP) is 4.90. The van der Waals surface area contributed by atoms with Crippen LogP contribution in [0.5, 0.6) is 0 Å². The van der Waals surface area contributed by atoms with Crippen LogP contribution in [0.2, 0.25) is 0 Å². The molecule has 0 spiro atoms. The van der Waals surface area contributed by atoms with Gasteiger partial charge in [0, 0.05) is 0 Å². The highest BCUT2D eigenvalue weighted by Crippen LogP contribution is 2.17. The largest absolute Gasteiger partial charge is 0.0835 e. The Morgan fingerprint density at radius 3 is 2.28 bits per heavy atom. The van der Waals surface area contributed by atoms with Crippen LogP contribution in [0.3, 0.4) is 0 Å². The lowest BCUT2D eigenvalue weighted by atomic mass is 9.99. The molecule has 0 heterocycles. The lowest BCUT2D eigenvalue weighted by Gasteiger charge is -2.07. The first kappa shape index (κ1) is 12.6. The van der Waals surface area contributed by atoms with Gasteiger partial charge in [-0.05, 0) is 30.4 Å². The van der Waals surface area contributed by atoms with E-state index in [1.54, 1.807) is 0 Å². The number of rotatable bonds is 4. The summed E-state index contributed by atoms with van der Waals surface area (Å²) in [5.74, 6) is 0.481. The van der Waals surface area contributed by atoms with Crippen molar-refractivity contribution in [2.24, 2.45) is 0 Å². The Hall–Kier alpha value is -1.82. The van der Waals surface area contributed by atoms with Crippen LogP contribution in [0.25, 0.3) is 0 Å². The Morgan fingerprint density at radius 1 is 0.944 bits per heavy atom. The first-order chi connectivity index (χ1) is 8.75. The van der Waals surface area contributed by atoms with Gasteiger partial charge in [-0.1, -0.05) is 79.2 Å². The van der Waals surface area contributed by atoms with E-state index < -0.39 is 0 Å². The van der Waals surface area contributed by atoms with Gasteiger partial charge in [0.1, 0.15) is 0 Å². The van der Waals surface area contributed by atoms with E-state index in [0.29, 0.717) is 5.92 Å². The fraction of sp³-hybridized carbons (Fsp3) is 0.222. The molecule has 0 nitrogen and oxygen atoms in total. The van der Waals surface area contributed by atoms with Crippen molar-refractivity contribution in [1.82, 2.24) is 0 Å². The molecular formula is C18H20. The fourth-order valence-electron chi connectivity index (χ4n) is 2.00. The maximum atomic E-state index is 2.29. The Balaban J connectivity index is 1.95. The summed E-state index contributed by atoms with van der Waals surface area (Å²) in [7, 11) is 0. The zero-order valence-corrected chi connectivity index (χ0v) is 11.1. The van der Waals surface area contributed by atoms with Crippen LogP contribution in [0.1, 0.15) is 29.5 Å². The second-order valence-electron chi connectivity index (χ2n) is 4.82. The van der Waals surface area contributed by atoms with E-state index in [0.717, 1.165) is 6.42 Å². The van der Waals surface area contributed by atoms with Gasteiger partial charge >= 0.3 is 0 Å². The Labute approximate surface area is 110 Å². The molecule has 0 aliphatic heterocycles. The van der Waals surface area contributed by atoms with Crippen LogP contribution in [-0.2, 0) is 6.42 Å². The highest BCUT2D eigenvalue weighted by molar-refractivity contribution is 5.27. The molecule has 1 unspecified atom stereocenters. The van der Waals surface area contributed by atoms with Crippen LogP contribution in [-0.4, -0.2) is 0 Å². The van der Waals surface area contributed by atoms with Gasteiger partial charge in [0.25, 0.3) is 0 Å². The number of allylic oxidation sites excluding steroid dienone is 2. The number of aryl methyl sites for hydroxylation is 1. The summed E-state index contributed by atoms with van der Waals surface area (Å²) in [6.45, 7) is 4.37. The van der Waals surface area contributed by atoms with E-state index in [2.05, 4.69) is 80.6 Å². The minimum absolute atomic E-state index is 0.481. The van der Waals surface area contributed by atoms with Gasteiger partial charge in [-0.25, -0.2) is 0 Å². The third-order valence-electron chi connectivity index (χ3n) is 3.22. The van der Waals surface area contributed by atoms with E-state index in [1.165, 1.54) is 16.7 Å². The average Bonchev–Trinajstić information content (AvgIpc) is 2.40. The zero-order chi connectivity index (χ0) is 12.8. The van der Waals surface area contributed by atoms with Crippen molar-refractivity contribution >= 4 is 0 Å². The topological polar surface area (TPSA) is 0 Å². The molecule has 0 amide bonds. The molecule has 0 N–H and O–H groups in total. The maximum absolute atomic E-state index is 2.29. The molecule has 0 aromatic heterocycles. The Morgan fingerprint density at radius 2 is 1.61 bits per heavy atom. The summed E-state index contributed by atoms with van der Waals surface area (Å²) < 4.78 is 0. The molecular weight excluding hydrogens is 216 g/mol. The zero-order valence-electron chi connectivity index (χ0n) is 11.1.